The van der Waals surface area contributed by atoms with E-state index in [0.717, 1.165) is 5.56 Å². The second-order valence-corrected chi connectivity index (χ2v) is 9.01. The number of nitrogens with zero attached hydrogens (tertiary/aromatic N) is 3. The van der Waals surface area contributed by atoms with Crippen LogP contribution in [0, 0.1) is 5.82 Å². The SMILES string of the molecule is NC(=O)C1(C(Cc2ccccc2)NC(=O)c2cccnc2-n2cc3c(n2)-c2cc(F)ccc2OC3)OC=CO1. The highest BCUT2D eigenvalue weighted by molar-refractivity contribution is 5.98. The van der Waals surface area contributed by atoms with E-state index in [1.807, 2.05) is 30.3 Å². The van der Waals surface area contributed by atoms with Crippen LogP contribution in [0.1, 0.15) is 21.5 Å². The van der Waals surface area contributed by atoms with Crippen molar-refractivity contribution in [2.75, 3.05) is 0 Å². The lowest BCUT2D eigenvalue weighted by molar-refractivity contribution is -0.182. The molecule has 0 spiro atoms. The Hall–Kier alpha value is -5.19. The van der Waals surface area contributed by atoms with Crippen LogP contribution in [0.4, 0.5) is 4.39 Å². The molecule has 0 saturated heterocycles. The summed E-state index contributed by atoms with van der Waals surface area (Å²) in [6.45, 7) is 0.226. The molecule has 0 saturated carbocycles. The van der Waals surface area contributed by atoms with E-state index in [2.05, 4.69) is 15.4 Å². The molecule has 3 N–H and O–H groups in total. The van der Waals surface area contributed by atoms with Crippen molar-refractivity contribution in [1.29, 1.82) is 0 Å². The molecular formula is C28H22FN5O5. The first kappa shape index (κ1) is 24.2. The molecule has 2 aliphatic heterocycles. The van der Waals surface area contributed by atoms with Crippen molar-refractivity contribution in [3.63, 3.8) is 0 Å². The average Bonchev–Trinajstić information content (AvgIpc) is 3.62. The zero-order chi connectivity index (χ0) is 27.0. The van der Waals surface area contributed by atoms with Gasteiger partial charge in [0, 0.05) is 29.9 Å². The van der Waals surface area contributed by atoms with Crippen molar-refractivity contribution >= 4 is 11.8 Å². The summed E-state index contributed by atoms with van der Waals surface area (Å²) in [6.07, 6.45) is 5.81. The standard InChI is InChI=1S/C28H22FN5O5/c29-19-8-9-22-21(14-19)24-18(16-37-22)15-34(33-24)25-20(7-4-10-31-25)26(35)32-23(13-17-5-2-1-3-6-17)28(27(30)36)38-11-12-39-28/h1-12,14-15,23H,13,16H2,(H2,30,36)(H,32,35). The van der Waals surface area contributed by atoms with Gasteiger partial charge in [-0.15, -0.1) is 0 Å². The number of halogens is 1. The van der Waals surface area contributed by atoms with Crippen LogP contribution in [0.2, 0.25) is 0 Å². The van der Waals surface area contributed by atoms with Gasteiger partial charge in [-0.25, -0.2) is 14.1 Å². The molecule has 2 aliphatic rings. The van der Waals surface area contributed by atoms with Crippen molar-refractivity contribution in [2.24, 2.45) is 5.73 Å². The smallest absolute Gasteiger partial charge is 0.352 e. The molecule has 2 aromatic carbocycles. The normalized spacial score (nSPS) is 15.2. The van der Waals surface area contributed by atoms with Crippen LogP contribution in [-0.2, 0) is 27.3 Å². The van der Waals surface area contributed by atoms with Gasteiger partial charge in [0.1, 0.15) is 42.4 Å². The number of primary amides is 1. The summed E-state index contributed by atoms with van der Waals surface area (Å²) in [5.41, 5.74) is 8.41. The Balaban J connectivity index is 1.35. The number of carbonyl (C=O) groups is 2. The number of hydrogen-bond donors (Lipinski definition) is 2. The Morgan fingerprint density at radius 3 is 2.67 bits per heavy atom. The fourth-order valence-corrected chi connectivity index (χ4v) is 4.68. The summed E-state index contributed by atoms with van der Waals surface area (Å²) in [5, 5.41) is 7.46. The second kappa shape index (κ2) is 9.60. The minimum Gasteiger partial charge on any atom is -0.488 e. The van der Waals surface area contributed by atoms with E-state index in [9.17, 15) is 14.0 Å². The molecule has 1 unspecified atom stereocenters. The van der Waals surface area contributed by atoms with Gasteiger partial charge in [0.05, 0.1) is 5.56 Å². The molecule has 11 heteroatoms. The third kappa shape index (κ3) is 4.33. The number of pyridine rings is 1. The molecule has 0 aliphatic carbocycles. The molecule has 0 fully saturated rings. The third-order valence-corrected chi connectivity index (χ3v) is 6.55. The predicted molar refractivity (Wildman–Crippen MR) is 136 cm³/mol. The Morgan fingerprint density at radius 2 is 1.90 bits per heavy atom. The van der Waals surface area contributed by atoms with Gasteiger partial charge in [-0.2, -0.15) is 5.10 Å². The number of fused-ring (bicyclic) bond motifs is 3. The highest BCUT2D eigenvalue weighted by Gasteiger charge is 2.51. The zero-order valence-corrected chi connectivity index (χ0v) is 20.4. The number of ether oxygens (including phenoxy) is 3. The number of hydrogen-bond acceptors (Lipinski definition) is 7. The van der Waals surface area contributed by atoms with E-state index in [0.29, 0.717) is 22.6 Å². The summed E-state index contributed by atoms with van der Waals surface area (Å²) >= 11 is 0. The summed E-state index contributed by atoms with van der Waals surface area (Å²) in [7, 11) is 0. The minimum atomic E-state index is -1.94. The van der Waals surface area contributed by atoms with Gasteiger partial charge >= 0.3 is 11.7 Å². The maximum absolute atomic E-state index is 14.0. The van der Waals surface area contributed by atoms with Gasteiger partial charge in [0.2, 0.25) is 0 Å². The topological polar surface area (TPSA) is 131 Å². The van der Waals surface area contributed by atoms with Gasteiger partial charge in [-0.1, -0.05) is 30.3 Å². The van der Waals surface area contributed by atoms with Crippen LogP contribution < -0.4 is 15.8 Å². The first-order valence-corrected chi connectivity index (χ1v) is 12.1. The van der Waals surface area contributed by atoms with Crippen LogP contribution in [-0.4, -0.2) is 38.4 Å². The van der Waals surface area contributed by atoms with Crippen LogP contribution in [0.15, 0.2) is 85.6 Å². The molecule has 2 amide bonds. The Kier molecular flexibility index (Phi) is 5.95. The van der Waals surface area contributed by atoms with E-state index in [-0.39, 0.29) is 24.4 Å². The lowest BCUT2D eigenvalue weighted by Gasteiger charge is -2.33. The summed E-state index contributed by atoms with van der Waals surface area (Å²) in [4.78, 5) is 30.6. The molecule has 1 atom stereocenters. The number of nitrogens with one attached hydrogen (secondary N) is 1. The molecule has 2 aromatic heterocycles. The maximum atomic E-state index is 14.0. The molecule has 196 valence electrons. The van der Waals surface area contributed by atoms with E-state index >= 15 is 0 Å². The largest absolute Gasteiger partial charge is 0.488 e. The first-order valence-electron chi connectivity index (χ1n) is 12.1. The van der Waals surface area contributed by atoms with Gasteiger partial charge in [-0.3, -0.25) is 9.59 Å². The third-order valence-electron chi connectivity index (χ3n) is 6.55. The van der Waals surface area contributed by atoms with Crippen LogP contribution in [0.3, 0.4) is 0 Å². The summed E-state index contributed by atoms with van der Waals surface area (Å²) in [6, 6.07) is 15.6. The lowest BCUT2D eigenvalue weighted by Crippen LogP contribution is -2.61. The quantitative estimate of drug-likeness (QED) is 0.378. The van der Waals surface area contributed by atoms with Gasteiger partial charge in [-0.05, 0) is 35.9 Å². The second-order valence-electron chi connectivity index (χ2n) is 9.01. The minimum absolute atomic E-state index is 0.168. The molecule has 0 radical (unpaired) electrons. The van der Waals surface area contributed by atoms with Gasteiger partial charge in [0.15, 0.2) is 5.82 Å². The lowest BCUT2D eigenvalue weighted by atomic mass is 9.97. The van der Waals surface area contributed by atoms with Crippen molar-refractivity contribution in [2.45, 2.75) is 24.9 Å². The predicted octanol–water partition coefficient (Wildman–Crippen LogP) is 3.01. The number of carbonyl (C=O) groups excluding carboxylic acids is 2. The fourth-order valence-electron chi connectivity index (χ4n) is 4.68. The van der Waals surface area contributed by atoms with E-state index < -0.39 is 29.5 Å². The molecule has 4 heterocycles. The molecule has 39 heavy (non-hydrogen) atoms. The van der Waals surface area contributed by atoms with Gasteiger partial charge in [0.25, 0.3) is 5.91 Å². The molecule has 0 bridgehead atoms. The van der Waals surface area contributed by atoms with Crippen molar-refractivity contribution < 1.29 is 28.2 Å². The Bertz CT molecular complexity index is 1600. The highest BCUT2D eigenvalue weighted by atomic mass is 19.1. The Labute approximate surface area is 221 Å². The maximum Gasteiger partial charge on any atom is 0.352 e. The zero-order valence-electron chi connectivity index (χ0n) is 20.4. The van der Waals surface area contributed by atoms with Crippen LogP contribution in [0.25, 0.3) is 17.1 Å². The van der Waals surface area contributed by atoms with E-state index in [4.69, 9.17) is 19.9 Å². The molecule has 10 nitrogen and oxygen atoms in total. The Morgan fingerprint density at radius 1 is 1.10 bits per heavy atom. The number of rotatable bonds is 7. The monoisotopic (exact) mass is 527 g/mol. The van der Waals surface area contributed by atoms with Gasteiger partial charge < -0.3 is 25.3 Å². The van der Waals surface area contributed by atoms with Crippen molar-refractivity contribution in [3.8, 4) is 22.8 Å². The molecule has 6 rings (SSSR count). The molecular weight excluding hydrogens is 505 g/mol. The first-order chi connectivity index (χ1) is 18.9. The summed E-state index contributed by atoms with van der Waals surface area (Å²) < 4.78 is 32.2. The number of nitrogens with two attached hydrogens (primary N) is 1. The van der Waals surface area contributed by atoms with Crippen molar-refractivity contribution in [1.82, 2.24) is 20.1 Å². The van der Waals surface area contributed by atoms with E-state index in [1.165, 1.54) is 35.5 Å². The number of amides is 2. The summed E-state index contributed by atoms with van der Waals surface area (Å²) in [5.74, 6) is -3.08. The average molecular weight is 528 g/mol. The molecule has 4 aromatic rings. The fraction of sp³-hybridized carbons (Fsp3) is 0.143. The van der Waals surface area contributed by atoms with Crippen molar-refractivity contribution in [3.05, 3.63) is 108 Å². The van der Waals surface area contributed by atoms with Crippen LogP contribution in [0.5, 0.6) is 5.75 Å². The van der Waals surface area contributed by atoms with Crippen LogP contribution >= 0.6 is 0 Å². The number of benzene rings is 2. The van der Waals surface area contributed by atoms with E-state index in [1.54, 1.807) is 24.4 Å². The highest BCUT2D eigenvalue weighted by Crippen LogP contribution is 2.37. The number of aromatic nitrogens is 3.